The van der Waals surface area contributed by atoms with Gasteiger partial charge in [-0.3, -0.25) is 0 Å². The Bertz CT molecular complexity index is 1500. The van der Waals surface area contributed by atoms with Crippen LogP contribution in [0.4, 0.5) is 0 Å². The van der Waals surface area contributed by atoms with Crippen molar-refractivity contribution >= 4 is 59.7 Å². The summed E-state index contributed by atoms with van der Waals surface area (Å²) in [5.74, 6) is -9.81. The van der Waals surface area contributed by atoms with Crippen LogP contribution in [0.5, 0.6) is 0 Å². The summed E-state index contributed by atoms with van der Waals surface area (Å²) < 4.78 is 0. The normalized spacial score (nSPS) is 9.05. The molecule has 0 heterocycles. The van der Waals surface area contributed by atoms with Crippen molar-refractivity contribution < 1.29 is 201 Å². The molecule has 0 aliphatic carbocycles. The minimum atomic E-state index is -1.11. The molecule has 0 bridgehead atoms. The maximum Gasteiger partial charge on any atom is 0.327 e. The van der Waals surface area contributed by atoms with Gasteiger partial charge in [-0.1, -0.05) is 65.8 Å². The first-order valence-electron chi connectivity index (χ1n) is 24.6. The van der Waals surface area contributed by atoms with Gasteiger partial charge in [-0.2, -0.15) is 0 Å². The minimum absolute atomic E-state index is 0.406. The molecule has 0 aliphatic heterocycles. The number of aliphatic hydroxyl groups is 20. The number of hydrogen-bond acceptors (Lipinski definition) is 30. The summed E-state index contributed by atoms with van der Waals surface area (Å²) in [5.41, 5.74) is -5.56. The van der Waals surface area contributed by atoms with Gasteiger partial charge in [0.15, 0.2) is 0 Å². The molecular weight excluding hydrogens is 1300 g/mol. The van der Waals surface area contributed by atoms with Gasteiger partial charge in [0.25, 0.3) is 0 Å². The van der Waals surface area contributed by atoms with E-state index in [9.17, 15) is 47.9 Å². The molecule has 40 nitrogen and oxygen atoms in total. The summed E-state index contributed by atoms with van der Waals surface area (Å²) in [5, 5.41) is 246. The second-order valence-electron chi connectivity index (χ2n) is 16.1. The van der Waals surface area contributed by atoms with Crippen LogP contribution in [0, 0.1) is 27.1 Å². The van der Waals surface area contributed by atoms with E-state index in [1.807, 2.05) is 0 Å². The first kappa shape index (κ1) is 124. The fourth-order valence-electron chi connectivity index (χ4n) is 1.50. The lowest BCUT2D eigenvalue weighted by atomic mass is 9.93. The van der Waals surface area contributed by atoms with Crippen molar-refractivity contribution in [1.29, 1.82) is 0 Å². The average Bonchev–Trinajstić information content (AvgIpc) is 2.13. The third-order valence-electron chi connectivity index (χ3n) is 8.45. The van der Waals surface area contributed by atoms with Crippen molar-refractivity contribution in [2.75, 3.05) is 132 Å². The maximum atomic E-state index is 9.25. The Kier molecular flexibility index (Phi) is 119. The molecule has 0 saturated carbocycles. The van der Waals surface area contributed by atoms with Crippen LogP contribution in [0.2, 0.25) is 0 Å². The van der Waals surface area contributed by atoms with E-state index in [2.05, 4.69) is 65.8 Å². The second kappa shape index (κ2) is 91.7. The number of rotatable bonds is 30. The fraction of sp³-hybridized carbons (Fsp3) is 0.455. The van der Waals surface area contributed by atoms with Crippen LogP contribution in [0.15, 0.2) is 127 Å². The maximum absolute atomic E-state index is 9.25. The smallest absolute Gasteiger partial charge is 0.327 e. The van der Waals surface area contributed by atoms with E-state index in [4.69, 9.17) is 153 Å². The largest absolute Gasteiger partial charge is 0.478 e. The molecule has 0 unspecified atom stereocenters. The lowest BCUT2D eigenvalue weighted by molar-refractivity contribution is -0.132. The van der Waals surface area contributed by atoms with Gasteiger partial charge in [0.1, 0.15) is 0 Å². The predicted octanol–water partition coefficient (Wildman–Crippen LogP) is -7.72. The molecule has 0 amide bonds. The molecule has 95 heavy (non-hydrogen) atoms. The number of carboxylic acids is 10. The zero-order valence-corrected chi connectivity index (χ0v) is 52.0. The number of carboxylic acid groups (broad SMARTS) is 10. The van der Waals surface area contributed by atoms with Crippen LogP contribution in [0.3, 0.4) is 0 Å². The van der Waals surface area contributed by atoms with Crippen LogP contribution < -0.4 is 0 Å². The summed E-state index contributed by atoms with van der Waals surface area (Å²) in [4.78, 5) is 92.5. The monoisotopic (exact) mass is 1400 g/mol. The summed E-state index contributed by atoms with van der Waals surface area (Å²) in [6, 6.07) is 0. The van der Waals surface area contributed by atoms with E-state index in [0.717, 1.165) is 60.8 Å². The third-order valence-corrected chi connectivity index (χ3v) is 8.45. The Morgan fingerprint density at radius 2 is 0.189 bits per heavy atom. The molecule has 0 rings (SSSR count). The van der Waals surface area contributed by atoms with Gasteiger partial charge in [-0.05, 0) is 0 Å². The molecule has 30 N–H and O–H groups in total. The molecule has 40 heteroatoms. The summed E-state index contributed by atoms with van der Waals surface area (Å²) in [7, 11) is 0. The molecule has 0 aliphatic rings. The first-order chi connectivity index (χ1) is 43.9. The standard InChI is InChI=1S/5C5H12O4.10C3H4O2/c5*6-1-5(2-7,3-8)4-9;10*1-2-3(4)5/h5*6-9H,1-4H2;10*2H,1H2,(H,4,5). The van der Waals surface area contributed by atoms with Crippen molar-refractivity contribution in [1.82, 2.24) is 0 Å². The molecule has 0 radical (unpaired) electrons. The molecular formula is C55H100O40. The molecule has 560 valence electrons. The highest BCUT2D eigenvalue weighted by Gasteiger charge is 2.29. The lowest BCUT2D eigenvalue weighted by Crippen LogP contribution is -2.37. The SMILES string of the molecule is C=CC(=O)O.C=CC(=O)O.C=CC(=O)O.C=CC(=O)O.C=CC(=O)O.C=CC(=O)O.C=CC(=O)O.C=CC(=O)O.C=CC(=O)O.C=CC(=O)O.OCC(CO)(CO)CO.OCC(CO)(CO)CO.OCC(CO)(CO)CO.OCC(CO)(CO)CO.OCC(CO)(CO)CO. The van der Waals surface area contributed by atoms with Crippen molar-refractivity contribution in [3.8, 4) is 0 Å². The molecule has 0 saturated heterocycles. The topological polar surface area (TPSA) is 778 Å². The zero-order chi connectivity index (χ0) is 79.5. The Labute approximate surface area is 545 Å². The number of carbonyl (C=O) groups is 10. The number of aliphatic carboxylic acids is 10. The van der Waals surface area contributed by atoms with Crippen molar-refractivity contribution in [2.24, 2.45) is 27.1 Å². The van der Waals surface area contributed by atoms with Gasteiger partial charge in [0.2, 0.25) is 0 Å². The van der Waals surface area contributed by atoms with E-state index in [-0.39, 0.29) is 0 Å². The van der Waals surface area contributed by atoms with Crippen molar-refractivity contribution in [3.63, 3.8) is 0 Å². The number of aliphatic hydroxyl groups excluding tert-OH is 20. The molecule has 0 atom stereocenters. The van der Waals surface area contributed by atoms with E-state index < -0.39 is 219 Å². The highest BCUT2D eigenvalue weighted by molar-refractivity contribution is 5.81. The van der Waals surface area contributed by atoms with E-state index in [0.29, 0.717) is 0 Å². The van der Waals surface area contributed by atoms with Gasteiger partial charge in [-0.15, -0.1) is 0 Å². The van der Waals surface area contributed by atoms with Crippen molar-refractivity contribution in [3.05, 3.63) is 127 Å². The summed E-state index contributed by atoms with van der Waals surface area (Å²) >= 11 is 0. The molecule has 0 aromatic heterocycles. The quantitative estimate of drug-likeness (QED) is 0.0297. The Morgan fingerprint density at radius 3 is 0.189 bits per heavy atom. The summed E-state index contributed by atoms with van der Waals surface area (Å²) in [6.07, 6.45) is 8.33. The highest BCUT2D eigenvalue weighted by Crippen LogP contribution is 2.14. The van der Waals surface area contributed by atoms with Crippen LogP contribution in [-0.2, 0) is 47.9 Å². The van der Waals surface area contributed by atoms with Gasteiger partial charge < -0.3 is 153 Å². The van der Waals surface area contributed by atoms with Crippen LogP contribution in [-0.4, -0.2) is 345 Å². The predicted molar refractivity (Wildman–Crippen MR) is 332 cm³/mol. The first-order valence-corrected chi connectivity index (χ1v) is 24.6. The molecule has 0 fully saturated rings. The van der Waals surface area contributed by atoms with Crippen molar-refractivity contribution in [2.45, 2.75) is 0 Å². The lowest BCUT2D eigenvalue weighted by Gasteiger charge is -2.23. The van der Waals surface area contributed by atoms with E-state index in [1.54, 1.807) is 0 Å². The Balaban J connectivity index is -0.0000000560. The van der Waals surface area contributed by atoms with Gasteiger partial charge in [-0.25, -0.2) is 47.9 Å². The average molecular weight is 1400 g/mol. The zero-order valence-electron chi connectivity index (χ0n) is 52.0. The van der Waals surface area contributed by atoms with Gasteiger partial charge >= 0.3 is 59.7 Å². The second-order valence-corrected chi connectivity index (χ2v) is 16.1. The highest BCUT2D eigenvalue weighted by atomic mass is 16.4. The van der Waals surface area contributed by atoms with E-state index in [1.165, 1.54) is 0 Å². The van der Waals surface area contributed by atoms with Gasteiger partial charge in [0, 0.05) is 60.8 Å². The van der Waals surface area contributed by atoms with E-state index >= 15 is 0 Å². The Hall–Kier alpha value is -8.70. The van der Waals surface area contributed by atoms with Crippen LogP contribution in [0.1, 0.15) is 0 Å². The molecule has 0 aromatic rings. The summed E-state index contributed by atoms with van der Waals surface area (Å²) in [6.45, 7) is 21.5. The number of hydrogen-bond donors (Lipinski definition) is 30. The van der Waals surface area contributed by atoms with Crippen LogP contribution >= 0.6 is 0 Å². The molecule has 0 spiro atoms. The fourth-order valence-corrected chi connectivity index (χ4v) is 1.50. The molecule has 0 aromatic carbocycles. The third kappa shape index (κ3) is 116. The minimum Gasteiger partial charge on any atom is -0.478 e. The Morgan fingerprint density at radius 1 is 0.158 bits per heavy atom. The van der Waals surface area contributed by atoms with Gasteiger partial charge in [0.05, 0.1) is 159 Å². The van der Waals surface area contributed by atoms with Crippen LogP contribution in [0.25, 0.3) is 0 Å².